The summed E-state index contributed by atoms with van der Waals surface area (Å²) in [5, 5.41) is 0. The van der Waals surface area contributed by atoms with Crippen molar-refractivity contribution in [1.82, 2.24) is 14.5 Å². The van der Waals surface area contributed by atoms with E-state index < -0.39 is 15.6 Å². The van der Waals surface area contributed by atoms with Gasteiger partial charge in [-0.25, -0.2) is 17.9 Å². The Morgan fingerprint density at radius 2 is 1.76 bits per heavy atom. The van der Waals surface area contributed by atoms with Gasteiger partial charge >= 0.3 is 6.09 Å². The Hall–Kier alpha value is -2.04. The van der Waals surface area contributed by atoms with Crippen LogP contribution < -0.4 is 14.2 Å². The molecule has 1 amide bonds. The van der Waals surface area contributed by atoms with Gasteiger partial charge in [0.15, 0.2) is 0 Å². The molecule has 1 aliphatic rings. The van der Waals surface area contributed by atoms with Crippen molar-refractivity contribution < 1.29 is 27.4 Å². The van der Waals surface area contributed by atoms with Crippen LogP contribution in [0.25, 0.3) is 0 Å². The number of ether oxygens (including phenoxy) is 3. The molecule has 0 radical (unpaired) electrons. The molecule has 1 heterocycles. The van der Waals surface area contributed by atoms with Crippen LogP contribution >= 0.6 is 0 Å². The van der Waals surface area contributed by atoms with Crippen LogP contribution in [0, 0.1) is 0 Å². The van der Waals surface area contributed by atoms with E-state index in [1.165, 1.54) is 20.3 Å². The van der Waals surface area contributed by atoms with Gasteiger partial charge < -0.3 is 19.1 Å². The number of rotatable bonds is 7. The number of carbonyl (C=O) groups excluding carboxylic acids is 1. The maximum absolute atomic E-state index is 12.7. The van der Waals surface area contributed by atoms with Gasteiger partial charge in [-0.1, -0.05) is 0 Å². The molecular weight excluding hydrogens is 398 g/mol. The van der Waals surface area contributed by atoms with Gasteiger partial charge in [-0.3, -0.25) is 4.90 Å². The topological polar surface area (TPSA) is 97.4 Å². The van der Waals surface area contributed by atoms with Crippen LogP contribution in [0.4, 0.5) is 4.79 Å². The van der Waals surface area contributed by atoms with Gasteiger partial charge in [0.2, 0.25) is 10.0 Å². The first-order valence-electron chi connectivity index (χ1n) is 9.48. The Kier molecular flexibility index (Phi) is 7.73. The first kappa shape index (κ1) is 23.2. The number of carbonyl (C=O) groups is 1. The third kappa shape index (κ3) is 6.76. The van der Waals surface area contributed by atoms with Crippen LogP contribution in [-0.2, 0) is 14.8 Å². The number of nitrogens with one attached hydrogen (secondary N) is 1. The summed E-state index contributed by atoms with van der Waals surface area (Å²) in [6.45, 7) is 8.70. The van der Waals surface area contributed by atoms with Crippen molar-refractivity contribution in [1.29, 1.82) is 0 Å². The van der Waals surface area contributed by atoms with Crippen molar-refractivity contribution in [3.63, 3.8) is 0 Å². The Morgan fingerprint density at radius 3 is 2.31 bits per heavy atom. The molecule has 0 atom stereocenters. The monoisotopic (exact) mass is 429 g/mol. The summed E-state index contributed by atoms with van der Waals surface area (Å²) in [6, 6.07) is 4.63. The summed E-state index contributed by atoms with van der Waals surface area (Å²) in [6.07, 6.45) is -0.317. The third-order valence-electron chi connectivity index (χ3n) is 4.40. The van der Waals surface area contributed by atoms with Crippen LogP contribution in [0.1, 0.15) is 20.8 Å². The largest absolute Gasteiger partial charge is 0.497 e. The SMILES string of the molecule is COc1ccc(OC)c(S(=O)(=O)NCCN2CCN(C(=O)OC(C)(C)C)CC2)c1. The Labute approximate surface area is 173 Å². The fourth-order valence-electron chi connectivity index (χ4n) is 2.89. The number of sulfonamides is 1. The molecule has 1 N–H and O–H groups in total. The minimum absolute atomic E-state index is 0.0362. The third-order valence-corrected chi connectivity index (χ3v) is 5.89. The smallest absolute Gasteiger partial charge is 0.410 e. The minimum atomic E-state index is -3.75. The number of methoxy groups -OCH3 is 2. The molecule has 1 saturated heterocycles. The zero-order valence-corrected chi connectivity index (χ0v) is 18.5. The van der Waals surface area contributed by atoms with E-state index in [1.54, 1.807) is 17.0 Å². The van der Waals surface area contributed by atoms with Crippen molar-refractivity contribution >= 4 is 16.1 Å². The lowest BCUT2D eigenvalue weighted by molar-refractivity contribution is 0.0147. The molecule has 2 rings (SSSR count). The summed E-state index contributed by atoms with van der Waals surface area (Å²) in [4.78, 5) is 15.9. The highest BCUT2D eigenvalue weighted by Crippen LogP contribution is 2.27. The summed E-state index contributed by atoms with van der Waals surface area (Å²) in [5.41, 5.74) is -0.520. The zero-order chi connectivity index (χ0) is 21.7. The molecule has 1 aliphatic heterocycles. The Balaban J connectivity index is 1.86. The number of hydrogen-bond donors (Lipinski definition) is 1. The second kappa shape index (κ2) is 9.64. The van der Waals surface area contributed by atoms with Crippen molar-refractivity contribution in [2.75, 3.05) is 53.5 Å². The predicted octanol–water partition coefficient (Wildman–Crippen LogP) is 1.53. The van der Waals surface area contributed by atoms with Crippen LogP contribution in [-0.4, -0.2) is 83.4 Å². The van der Waals surface area contributed by atoms with Gasteiger partial charge in [-0.2, -0.15) is 0 Å². The number of piperazine rings is 1. The van der Waals surface area contributed by atoms with Crippen molar-refractivity contribution in [3.05, 3.63) is 18.2 Å². The van der Waals surface area contributed by atoms with E-state index in [0.717, 1.165) is 0 Å². The fourth-order valence-corrected chi connectivity index (χ4v) is 4.09. The van der Waals surface area contributed by atoms with Crippen LogP contribution in [0.3, 0.4) is 0 Å². The molecule has 29 heavy (non-hydrogen) atoms. The van der Waals surface area contributed by atoms with Crippen LogP contribution in [0.15, 0.2) is 23.1 Å². The second-order valence-corrected chi connectivity index (χ2v) is 9.46. The molecule has 10 heteroatoms. The van der Waals surface area contributed by atoms with Crippen molar-refractivity contribution in [3.8, 4) is 11.5 Å². The number of hydrogen-bond acceptors (Lipinski definition) is 7. The quantitative estimate of drug-likeness (QED) is 0.702. The van der Waals surface area contributed by atoms with Crippen molar-refractivity contribution in [2.24, 2.45) is 0 Å². The van der Waals surface area contributed by atoms with Crippen molar-refractivity contribution in [2.45, 2.75) is 31.3 Å². The Bertz CT molecular complexity index is 799. The number of amides is 1. The molecule has 0 unspecified atom stereocenters. The molecule has 1 fully saturated rings. The van der Waals surface area contributed by atoms with E-state index in [-0.39, 0.29) is 23.3 Å². The average Bonchev–Trinajstić information content (AvgIpc) is 2.66. The highest BCUT2D eigenvalue weighted by molar-refractivity contribution is 7.89. The zero-order valence-electron chi connectivity index (χ0n) is 17.7. The summed E-state index contributed by atoms with van der Waals surface area (Å²) >= 11 is 0. The maximum atomic E-state index is 12.7. The molecule has 164 valence electrons. The lowest BCUT2D eigenvalue weighted by Crippen LogP contribution is -2.51. The number of nitrogens with zero attached hydrogens (tertiary/aromatic N) is 2. The molecular formula is C19H31N3O6S. The standard InChI is InChI=1S/C19H31N3O6S/c1-19(2,3)28-18(23)22-12-10-21(11-13-22)9-8-20-29(24,25)17-14-15(26-4)6-7-16(17)27-5/h6-7,14,20H,8-13H2,1-5H3. The normalized spacial score (nSPS) is 15.8. The molecule has 0 saturated carbocycles. The molecule has 0 spiro atoms. The van der Waals surface area contributed by atoms with E-state index in [0.29, 0.717) is 38.5 Å². The summed E-state index contributed by atoms with van der Waals surface area (Å²) < 4.78 is 43.6. The van der Waals surface area contributed by atoms with Gasteiger partial charge in [0.25, 0.3) is 0 Å². The van der Waals surface area contributed by atoms with E-state index in [2.05, 4.69) is 9.62 Å². The van der Waals surface area contributed by atoms with E-state index in [4.69, 9.17) is 14.2 Å². The van der Waals surface area contributed by atoms with Gasteiger partial charge in [-0.15, -0.1) is 0 Å². The predicted molar refractivity (Wildman–Crippen MR) is 109 cm³/mol. The number of benzene rings is 1. The van der Waals surface area contributed by atoms with Crippen LogP contribution in [0.2, 0.25) is 0 Å². The van der Waals surface area contributed by atoms with Crippen LogP contribution in [0.5, 0.6) is 11.5 Å². The first-order valence-corrected chi connectivity index (χ1v) is 11.0. The Morgan fingerprint density at radius 1 is 1.10 bits per heavy atom. The molecule has 1 aromatic carbocycles. The molecule has 0 bridgehead atoms. The maximum Gasteiger partial charge on any atom is 0.410 e. The molecule has 9 nitrogen and oxygen atoms in total. The van der Waals surface area contributed by atoms with E-state index in [9.17, 15) is 13.2 Å². The fraction of sp³-hybridized carbons (Fsp3) is 0.632. The van der Waals surface area contributed by atoms with Gasteiger partial charge in [0, 0.05) is 45.3 Å². The summed E-state index contributed by atoms with van der Waals surface area (Å²) in [7, 11) is -0.851. The lowest BCUT2D eigenvalue weighted by Gasteiger charge is -2.35. The molecule has 0 aromatic heterocycles. The highest BCUT2D eigenvalue weighted by Gasteiger charge is 2.26. The summed E-state index contributed by atoms with van der Waals surface area (Å²) in [5.74, 6) is 0.689. The lowest BCUT2D eigenvalue weighted by atomic mass is 10.2. The van der Waals surface area contributed by atoms with Gasteiger partial charge in [0.05, 0.1) is 14.2 Å². The first-order chi connectivity index (χ1) is 13.6. The highest BCUT2D eigenvalue weighted by atomic mass is 32.2. The molecule has 0 aliphatic carbocycles. The van der Waals surface area contributed by atoms with E-state index in [1.807, 2.05) is 20.8 Å². The molecule has 1 aromatic rings. The van der Waals surface area contributed by atoms with Gasteiger partial charge in [-0.05, 0) is 32.9 Å². The minimum Gasteiger partial charge on any atom is -0.497 e. The van der Waals surface area contributed by atoms with E-state index >= 15 is 0 Å². The second-order valence-electron chi connectivity index (χ2n) is 7.72. The van der Waals surface area contributed by atoms with Gasteiger partial charge in [0.1, 0.15) is 22.0 Å². The average molecular weight is 430 g/mol.